The van der Waals surface area contributed by atoms with Crippen LogP contribution in [0.25, 0.3) is 0 Å². The number of nitrogens with zero attached hydrogens (tertiary/aromatic N) is 2. The van der Waals surface area contributed by atoms with Crippen molar-refractivity contribution in [3.63, 3.8) is 0 Å². The number of hydrogen-bond donors (Lipinski definition) is 1. The lowest BCUT2D eigenvalue weighted by Crippen LogP contribution is -2.51. The topological polar surface area (TPSA) is 35.6 Å². The molecule has 4 rings (SSSR count). The minimum atomic E-state index is -0.188. The zero-order valence-electron chi connectivity index (χ0n) is 15.7. The summed E-state index contributed by atoms with van der Waals surface area (Å²) in [5.41, 5.74) is 0.987. The van der Waals surface area contributed by atoms with Gasteiger partial charge in [-0.2, -0.15) is 0 Å². The van der Waals surface area contributed by atoms with Gasteiger partial charge in [0.05, 0.1) is 5.92 Å². The van der Waals surface area contributed by atoms with Crippen molar-refractivity contribution >= 4 is 5.91 Å². The monoisotopic (exact) mass is 359 g/mol. The number of likely N-dealkylation sites (tertiary alicyclic amines) is 1. The lowest BCUT2D eigenvalue weighted by molar-refractivity contribution is -0.139. The molecule has 3 unspecified atom stereocenters. The highest BCUT2D eigenvalue weighted by atomic mass is 19.1. The number of rotatable bonds is 4. The van der Waals surface area contributed by atoms with Gasteiger partial charge in [0.1, 0.15) is 5.82 Å². The Morgan fingerprint density at radius 1 is 1.27 bits per heavy atom. The Labute approximate surface area is 155 Å². The summed E-state index contributed by atoms with van der Waals surface area (Å²) in [6, 6.07) is 8.40. The van der Waals surface area contributed by atoms with Gasteiger partial charge in [0, 0.05) is 38.3 Å². The maximum Gasteiger partial charge on any atom is 0.226 e. The smallest absolute Gasteiger partial charge is 0.226 e. The summed E-state index contributed by atoms with van der Waals surface area (Å²) in [7, 11) is 2.00. The SMILES string of the molecule is CN(C(=O)C1CCCN(Cc2cccc(F)c2)C1)C1CC2CCC(C1)N2. The molecule has 2 bridgehead atoms. The molecule has 3 heterocycles. The number of nitrogens with one attached hydrogen (secondary N) is 1. The van der Waals surface area contributed by atoms with Crippen molar-refractivity contribution in [2.75, 3.05) is 20.1 Å². The summed E-state index contributed by atoms with van der Waals surface area (Å²) in [6.07, 6.45) is 6.72. The number of carbonyl (C=O) groups is 1. The van der Waals surface area contributed by atoms with Crippen LogP contribution in [0.1, 0.15) is 44.1 Å². The van der Waals surface area contributed by atoms with Gasteiger partial charge >= 0.3 is 0 Å². The molecule has 1 amide bonds. The van der Waals surface area contributed by atoms with Crippen LogP contribution in [0.2, 0.25) is 0 Å². The third kappa shape index (κ3) is 3.94. The van der Waals surface area contributed by atoms with Gasteiger partial charge in [-0.1, -0.05) is 12.1 Å². The predicted octanol–water partition coefficient (Wildman–Crippen LogP) is 2.78. The third-order valence-corrected chi connectivity index (χ3v) is 6.49. The van der Waals surface area contributed by atoms with E-state index in [1.54, 1.807) is 12.1 Å². The Balaban J connectivity index is 1.35. The van der Waals surface area contributed by atoms with E-state index >= 15 is 0 Å². The fourth-order valence-corrected chi connectivity index (χ4v) is 5.11. The van der Waals surface area contributed by atoms with Crippen molar-refractivity contribution in [2.45, 2.75) is 63.2 Å². The first-order valence-corrected chi connectivity index (χ1v) is 10.1. The first kappa shape index (κ1) is 17.9. The van der Waals surface area contributed by atoms with E-state index in [-0.39, 0.29) is 11.7 Å². The lowest BCUT2D eigenvalue weighted by atomic mass is 9.93. The minimum Gasteiger partial charge on any atom is -0.342 e. The second-order valence-corrected chi connectivity index (χ2v) is 8.42. The largest absolute Gasteiger partial charge is 0.342 e. The number of benzene rings is 1. The maximum absolute atomic E-state index is 13.4. The van der Waals surface area contributed by atoms with Gasteiger partial charge < -0.3 is 10.2 Å². The van der Waals surface area contributed by atoms with Crippen LogP contribution in [-0.2, 0) is 11.3 Å². The number of halogens is 1. The van der Waals surface area contributed by atoms with E-state index in [0.717, 1.165) is 50.9 Å². The lowest BCUT2D eigenvalue weighted by Gasteiger charge is -2.39. The van der Waals surface area contributed by atoms with E-state index in [2.05, 4.69) is 10.2 Å². The molecule has 0 spiro atoms. The van der Waals surface area contributed by atoms with Gasteiger partial charge in [0.2, 0.25) is 5.91 Å². The molecule has 3 atom stereocenters. The zero-order valence-corrected chi connectivity index (χ0v) is 15.7. The van der Waals surface area contributed by atoms with E-state index < -0.39 is 0 Å². The summed E-state index contributed by atoms with van der Waals surface area (Å²) in [5.74, 6) is 0.197. The van der Waals surface area contributed by atoms with Crippen molar-refractivity contribution in [1.29, 1.82) is 0 Å². The molecule has 0 aliphatic carbocycles. The summed E-state index contributed by atoms with van der Waals surface area (Å²) < 4.78 is 13.4. The third-order valence-electron chi connectivity index (χ3n) is 6.49. The van der Waals surface area contributed by atoms with Crippen LogP contribution in [0.15, 0.2) is 24.3 Å². The second-order valence-electron chi connectivity index (χ2n) is 8.42. The zero-order chi connectivity index (χ0) is 18.1. The Morgan fingerprint density at radius 3 is 2.77 bits per heavy atom. The van der Waals surface area contributed by atoms with Crippen LogP contribution >= 0.6 is 0 Å². The number of piperidine rings is 2. The van der Waals surface area contributed by atoms with E-state index in [1.165, 1.54) is 18.9 Å². The quantitative estimate of drug-likeness (QED) is 0.898. The van der Waals surface area contributed by atoms with Crippen LogP contribution in [0.3, 0.4) is 0 Å². The molecule has 3 saturated heterocycles. The summed E-state index contributed by atoms with van der Waals surface area (Å²) in [4.78, 5) is 17.5. The van der Waals surface area contributed by atoms with E-state index in [9.17, 15) is 9.18 Å². The second kappa shape index (κ2) is 7.65. The van der Waals surface area contributed by atoms with Crippen LogP contribution in [0.5, 0.6) is 0 Å². The van der Waals surface area contributed by atoms with Crippen molar-refractivity contribution in [3.8, 4) is 0 Å². The number of amides is 1. The Bertz CT molecular complexity index is 640. The Morgan fingerprint density at radius 2 is 2.04 bits per heavy atom. The predicted molar refractivity (Wildman–Crippen MR) is 100 cm³/mol. The van der Waals surface area contributed by atoms with Gasteiger partial charge in [-0.3, -0.25) is 9.69 Å². The standard InChI is InChI=1S/C21H30FN3O/c1-24(20-11-18-7-8-19(12-20)23-18)21(26)16-5-3-9-25(14-16)13-15-4-2-6-17(22)10-15/h2,4,6,10,16,18-20,23H,3,5,7-9,11-14H2,1H3. The summed E-state index contributed by atoms with van der Waals surface area (Å²) >= 11 is 0. The van der Waals surface area contributed by atoms with Crippen LogP contribution in [0, 0.1) is 11.7 Å². The fraction of sp³-hybridized carbons (Fsp3) is 0.667. The highest BCUT2D eigenvalue weighted by Crippen LogP contribution is 2.30. The normalized spacial score (nSPS) is 31.8. The number of hydrogen-bond acceptors (Lipinski definition) is 3. The van der Waals surface area contributed by atoms with Crippen LogP contribution in [0.4, 0.5) is 4.39 Å². The fourth-order valence-electron chi connectivity index (χ4n) is 5.11. The average molecular weight is 359 g/mol. The molecule has 3 aliphatic rings. The molecule has 3 aliphatic heterocycles. The van der Waals surface area contributed by atoms with Gasteiger partial charge in [0.15, 0.2) is 0 Å². The highest BCUT2D eigenvalue weighted by molar-refractivity contribution is 5.79. The highest BCUT2D eigenvalue weighted by Gasteiger charge is 2.38. The minimum absolute atomic E-state index is 0.0786. The first-order chi connectivity index (χ1) is 12.6. The van der Waals surface area contributed by atoms with E-state index in [4.69, 9.17) is 0 Å². The van der Waals surface area contributed by atoms with E-state index in [0.29, 0.717) is 24.0 Å². The molecule has 26 heavy (non-hydrogen) atoms. The van der Waals surface area contributed by atoms with Gasteiger partial charge in [0.25, 0.3) is 0 Å². The van der Waals surface area contributed by atoms with Gasteiger partial charge in [-0.25, -0.2) is 4.39 Å². The summed E-state index contributed by atoms with van der Waals surface area (Å²) in [5, 5.41) is 3.66. The molecule has 0 aromatic heterocycles. The van der Waals surface area contributed by atoms with Gasteiger partial charge in [-0.15, -0.1) is 0 Å². The molecular weight excluding hydrogens is 329 g/mol. The van der Waals surface area contributed by atoms with Crippen LogP contribution in [-0.4, -0.2) is 54.0 Å². The summed E-state index contributed by atoms with van der Waals surface area (Å²) in [6.45, 7) is 2.50. The molecule has 3 fully saturated rings. The van der Waals surface area contributed by atoms with Crippen LogP contribution < -0.4 is 5.32 Å². The molecule has 1 N–H and O–H groups in total. The Hall–Kier alpha value is -1.46. The molecular formula is C21H30FN3O. The van der Waals surface area contributed by atoms with Gasteiger partial charge in [-0.05, 0) is 62.8 Å². The van der Waals surface area contributed by atoms with Crippen molar-refractivity contribution in [2.24, 2.45) is 5.92 Å². The first-order valence-electron chi connectivity index (χ1n) is 10.1. The number of carbonyl (C=O) groups excluding carboxylic acids is 1. The molecule has 142 valence electrons. The van der Waals surface area contributed by atoms with Crippen molar-refractivity contribution in [3.05, 3.63) is 35.6 Å². The molecule has 0 saturated carbocycles. The van der Waals surface area contributed by atoms with Crippen molar-refractivity contribution < 1.29 is 9.18 Å². The van der Waals surface area contributed by atoms with Crippen molar-refractivity contribution in [1.82, 2.24) is 15.1 Å². The number of fused-ring (bicyclic) bond motifs is 2. The average Bonchev–Trinajstić information content (AvgIpc) is 2.98. The Kier molecular flexibility index (Phi) is 5.28. The maximum atomic E-state index is 13.4. The molecule has 5 heteroatoms. The molecule has 4 nitrogen and oxygen atoms in total. The molecule has 1 aromatic rings. The molecule has 0 radical (unpaired) electrons. The molecule has 1 aromatic carbocycles. The van der Waals surface area contributed by atoms with E-state index in [1.807, 2.05) is 18.0 Å².